The average Bonchev–Trinajstić information content (AvgIpc) is 2.57. The van der Waals surface area contributed by atoms with Crippen LogP contribution in [0, 0.1) is 6.92 Å². The highest BCUT2D eigenvalue weighted by atomic mass is 79.9. The summed E-state index contributed by atoms with van der Waals surface area (Å²) in [4.78, 5) is 5.27. The smallest absolute Gasteiger partial charge is 0.120 e. The highest BCUT2D eigenvalue weighted by molar-refractivity contribution is 9.10. The molecule has 0 atom stereocenters. The van der Waals surface area contributed by atoms with E-state index in [1.807, 2.05) is 19.1 Å². The monoisotopic (exact) mass is 303 g/mol. The lowest BCUT2D eigenvalue weighted by atomic mass is 10.5. The van der Waals surface area contributed by atoms with Crippen molar-refractivity contribution in [2.24, 2.45) is 0 Å². The Balaban J connectivity index is 2.29. The van der Waals surface area contributed by atoms with Crippen LogP contribution in [-0.2, 0) is 0 Å². The first-order valence-electron chi connectivity index (χ1n) is 4.20. The molecule has 0 spiro atoms. The van der Waals surface area contributed by atoms with E-state index in [1.54, 1.807) is 12.5 Å². The fourth-order valence-corrected chi connectivity index (χ4v) is 2.59. The quantitative estimate of drug-likeness (QED) is 0.814. The lowest BCUT2D eigenvalue weighted by Crippen LogP contribution is -1.81. The van der Waals surface area contributed by atoms with Gasteiger partial charge in [0.05, 0.1) is 16.2 Å². The molecule has 0 N–H and O–H groups in total. The zero-order valence-electron chi connectivity index (χ0n) is 7.83. The summed E-state index contributed by atoms with van der Waals surface area (Å²) in [5.74, 6) is 0.876. The Morgan fingerprint density at radius 2 is 2.33 bits per heavy atom. The van der Waals surface area contributed by atoms with Gasteiger partial charge < -0.3 is 4.42 Å². The maximum absolute atomic E-state index is 6.05. The van der Waals surface area contributed by atoms with Crippen molar-refractivity contribution in [1.29, 1.82) is 0 Å². The molecule has 2 aromatic heterocycles. The maximum atomic E-state index is 6.05. The summed E-state index contributed by atoms with van der Waals surface area (Å²) < 4.78 is 6.08. The third-order valence-electron chi connectivity index (χ3n) is 1.79. The molecule has 0 aromatic carbocycles. The number of nitrogens with zero attached hydrogens (tertiary/aromatic N) is 1. The van der Waals surface area contributed by atoms with E-state index < -0.39 is 0 Å². The molecular weight excluding hydrogens is 298 g/mol. The van der Waals surface area contributed by atoms with E-state index in [9.17, 15) is 0 Å². The van der Waals surface area contributed by atoms with Crippen LogP contribution >= 0.6 is 39.3 Å². The van der Waals surface area contributed by atoms with Gasteiger partial charge in [0.15, 0.2) is 0 Å². The van der Waals surface area contributed by atoms with Crippen LogP contribution in [0.5, 0.6) is 0 Å². The number of hydrogen-bond acceptors (Lipinski definition) is 3. The fourth-order valence-electron chi connectivity index (χ4n) is 1.06. The van der Waals surface area contributed by atoms with Crippen LogP contribution in [-0.4, -0.2) is 4.98 Å². The van der Waals surface area contributed by atoms with Crippen LogP contribution in [0.1, 0.15) is 5.76 Å². The summed E-state index contributed by atoms with van der Waals surface area (Å²) in [5.41, 5.74) is 0. The first-order valence-corrected chi connectivity index (χ1v) is 6.18. The molecule has 5 heteroatoms. The first kappa shape index (κ1) is 11.0. The van der Waals surface area contributed by atoms with Crippen molar-refractivity contribution in [3.63, 3.8) is 0 Å². The zero-order valence-corrected chi connectivity index (χ0v) is 11.0. The van der Waals surface area contributed by atoms with Gasteiger partial charge in [-0.2, -0.15) is 0 Å². The number of pyridine rings is 1. The van der Waals surface area contributed by atoms with E-state index in [-0.39, 0.29) is 0 Å². The Labute approximate surface area is 105 Å². The van der Waals surface area contributed by atoms with Gasteiger partial charge in [0.1, 0.15) is 10.8 Å². The summed E-state index contributed by atoms with van der Waals surface area (Å²) in [6, 6.07) is 3.73. The molecule has 0 saturated carbocycles. The molecule has 0 aliphatic rings. The molecular formula is C10H7BrClNOS. The number of aryl methyl sites for hydroxylation is 1. The van der Waals surface area contributed by atoms with E-state index in [0.717, 1.165) is 20.2 Å². The lowest BCUT2D eigenvalue weighted by Gasteiger charge is -2.01. The van der Waals surface area contributed by atoms with Crippen molar-refractivity contribution in [3.8, 4) is 0 Å². The van der Waals surface area contributed by atoms with Gasteiger partial charge >= 0.3 is 0 Å². The van der Waals surface area contributed by atoms with E-state index in [2.05, 4.69) is 20.9 Å². The third kappa shape index (κ3) is 2.56. The first-order chi connectivity index (χ1) is 7.16. The molecule has 0 saturated heterocycles. The Morgan fingerprint density at radius 1 is 1.53 bits per heavy atom. The molecule has 0 fully saturated rings. The minimum Gasteiger partial charge on any atom is -0.468 e. The van der Waals surface area contributed by atoms with Gasteiger partial charge in [-0.1, -0.05) is 23.4 Å². The van der Waals surface area contributed by atoms with Crippen LogP contribution in [0.25, 0.3) is 0 Å². The predicted molar refractivity (Wildman–Crippen MR) is 64.5 cm³/mol. The zero-order chi connectivity index (χ0) is 10.8. The highest BCUT2D eigenvalue weighted by Gasteiger charge is 2.08. The Morgan fingerprint density at radius 3 is 2.93 bits per heavy atom. The van der Waals surface area contributed by atoms with Crippen molar-refractivity contribution in [2.75, 3.05) is 0 Å². The Bertz CT molecular complexity index is 486. The number of hydrogen-bond donors (Lipinski definition) is 0. The molecule has 0 aliphatic heterocycles. The predicted octanol–water partition coefficient (Wildman–Crippen LogP) is 4.55. The normalized spacial score (nSPS) is 10.6. The number of rotatable bonds is 2. The van der Waals surface area contributed by atoms with Gasteiger partial charge in [0.2, 0.25) is 0 Å². The number of aromatic nitrogens is 1. The number of halogens is 2. The fraction of sp³-hybridized carbons (Fsp3) is 0.100. The molecule has 0 amide bonds. The van der Waals surface area contributed by atoms with Gasteiger partial charge in [-0.3, -0.25) is 0 Å². The summed E-state index contributed by atoms with van der Waals surface area (Å²) in [6.45, 7) is 1.91. The van der Waals surface area contributed by atoms with E-state index in [1.165, 1.54) is 11.8 Å². The minimum absolute atomic E-state index is 0.634. The van der Waals surface area contributed by atoms with Gasteiger partial charge in [-0.15, -0.1) is 0 Å². The Kier molecular flexibility index (Phi) is 3.38. The topological polar surface area (TPSA) is 26.0 Å². The van der Waals surface area contributed by atoms with Crippen LogP contribution in [0.4, 0.5) is 0 Å². The summed E-state index contributed by atoms with van der Waals surface area (Å²) in [5, 5.41) is 1.42. The molecule has 2 aromatic rings. The second-order valence-corrected chi connectivity index (χ2v) is 5.24. The van der Waals surface area contributed by atoms with Crippen molar-refractivity contribution in [2.45, 2.75) is 16.8 Å². The third-order valence-corrected chi connectivity index (χ3v) is 3.79. The van der Waals surface area contributed by atoms with Gasteiger partial charge in [0.25, 0.3) is 0 Å². The van der Waals surface area contributed by atoms with Crippen LogP contribution in [0.15, 0.2) is 43.4 Å². The molecule has 78 valence electrons. The van der Waals surface area contributed by atoms with E-state index in [0.29, 0.717) is 5.02 Å². The average molecular weight is 305 g/mol. The summed E-state index contributed by atoms with van der Waals surface area (Å²) >= 11 is 10.9. The van der Waals surface area contributed by atoms with E-state index >= 15 is 0 Å². The van der Waals surface area contributed by atoms with Crippen LogP contribution < -0.4 is 0 Å². The molecule has 15 heavy (non-hydrogen) atoms. The van der Waals surface area contributed by atoms with E-state index in [4.69, 9.17) is 16.0 Å². The van der Waals surface area contributed by atoms with Crippen LogP contribution in [0.2, 0.25) is 5.02 Å². The standard InChI is InChI=1S/C10H7BrClNOS/c1-6-9(2-3-14-6)15-10-8(12)4-7(11)5-13-10/h2-5H,1H3. The number of furan rings is 1. The Hall–Kier alpha value is -0.450. The summed E-state index contributed by atoms with van der Waals surface area (Å²) in [7, 11) is 0. The molecule has 0 aliphatic carbocycles. The largest absolute Gasteiger partial charge is 0.468 e. The molecule has 2 heterocycles. The van der Waals surface area contributed by atoms with Crippen LogP contribution in [0.3, 0.4) is 0 Å². The molecule has 0 radical (unpaired) electrons. The van der Waals surface area contributed by atoms with Crippen molar-refractivity contribution >= 4 is 39.3 Å². The molecule has 0 bridgehead atoms. The lowest BCUT2D eigenvalue weighted by molar-refractivity contribution is 0.527. The van der Waals surface area contributed by atoms with Gasteiger partial charge in [-0.05, 0) is 35.0 Å². The van der Waals surface area contributed by atoms with Gasteiger partial charge in [0, 0.05) is 10.7 Å². The van der Waals surface area contributed by atoms with Crippen molar-refractivity contribution in [1.82, 2.24) is 4.98 Å². The van der Waals surface area contributed by atoms with Crippen molar-refractivity contribution < 1.29 is 4.42 Å². The highest BCUT2D eigenvalue weighted by Crippen LogP contribution is 2.34. The van der Waals surface area contributed by atoms with Gasteiger partial charge in [-0.25, -0.2) is 4.98 Å². The van der Waals surface area contributed by atoms with Crippen molar-refractivity contribution in [3.05, 3.63) is 39.8 Å². The maximum Gasteiger partial charge on any atom is 0.120 e. The SMILES string of the molecule is Cc1occc1Sc1ncc(Br)cc1Cl. The second-order valence-electron chi connectivity index (χ2n) is 2.88. The molecule has 2 nitrogen and oxygen atoms in total. The molecule has 0 unspecified atom stereocenters. The second kappa shape index (κ2) is 4.60. The minimum atomic E-state index is 0.634. The summed E-state index contributed by atoms with van der Waals surface area (Å²) in [6.07, 6.45) is 3.38. The molecule has 2 rings (SSSR count).